The van der Waals surface area contributed by atoms with Crippen LogP contribution < -0.4 is 0 Å². The Morgan fingerprint density at radius 2 is 1.87 bits per heavy atom. The van der Waals surface area contributed by atoms with Gasteiger partial charge in [-0.1, -0.05) is 31.0 Å². The first kappa shape index (κ1) is 15.5. The number of halogens is 3. The van der Waals surface area contributed by atoms with E-state index >= 15 is 0 Å². The van der Waals surface area contributed by atoms with Gasteiger partial charge in [0, 0.05) is 12.3 Å². The summed E-state index contributed by atoms with van der Waals surface area (Å²) in [7, 11) is 0. The Morgan fingerprint density at radius 3 is 2.61 bits per heavy atom. The van der Waals surface area contributed by atoms with Crippen molar-refractivity contribution in [3.63, 3.8) is 0 Å². The van der Waals surface area contributed by atoms with Crippen LogP contribution in [0.15, 0.2) is 24.3 Å². The van der Waals surface area contributed by atoms with Gasteiger partial charge >= 0.3 is 6.18 Å². The van der Waals surface area contributed by atoms with Crippen molar-refractivity contribution >= 4 is 0 Å². The molecule has 3 fully saturated rings. The van der Waals surface area contributed by atoms with Gasteiger partial charge in [-0.3, -0.25) is 0 Å². The van der Waals surface area contributed by atoms with E-state index in [1.54, 1.807) is 6.07 Å². The van der Waals surface area contributed by atoms with Crippen molar-refractivity contribution < 1.29 is 17.7 Å². The van der Waals surface area contributed by atoms with E-state index in [9.17, 15) is 13.2 Å². The van der Waals surface area contributed by atoms with Crippen molar-refractivity contribution in [3.8, 4) is 0 Å². The zero-order valence-electron chi connectivity index (χ0n) is 13.5. The number of benzene rings is 1. The summed E-state index contributed by atoms with van der Waals surface area (Å²) in [5.41, 5.74) is 0.344. The summed E-state index contributed by atoms with van der Waals surface area (Å²) in [6.45, 7) is 3.70. The molecule has 23 heavy (non-hydrogen) atoms. The molecule has 1 aliphatic carbocycles. The fourth-order valence-electron chi connectivity index (χ4n) is 4.68. The molecule has 1 saturated carbocycles. The number of alkyl halides is 3. The minimum Gasteiger partial charge on any atom is -0.311 e. The quantitative estimate of drug-likeness (QED) is 0.558. The first-order valence-electron chi connectivity index (χ1n) is 8.96. The SMILES string of the molecule is FC(F)(F)c1cccc(CC2C[N+]23CCCC(CC2CC2)C3)c1. The summed E-state index contributed by atoms with van der Waals surface area (Å²) in [5.74, 6) is 1.85. The van der Waals surface area contributed by atoms with Crippen LogP contribution in [0.5, 0.6) is 0 Å². The molecular weight excluding hydrogens is 299 g/mol. The Balaban J connectivity index is 1.39. The Kier molecular flexibility index (Phi) is 3.71. The topological polar surface area (TPSA) is 0 Å². The molecule has 3 aliphatic rings. The number of hydrogen-bond donors (Lipinski definition) is 0. The lowest BCUT2D eigenvalue weighted by molar-refractivity contribution is -0.824. The Hall–Kier alpha value is -1.03. The second kappa shape index (κ2) is 5.51. The van der Waals surface area contributed by atoms with Crippen LogP contribution in [-0.2, 0) is 12.6 Å². The highest BCUT2D eigenvalue weighted by Gasteiger charge is 2.56. The number of rotatable bonds is 4. The molecule has 126 valence electrons. The molecule has 2 aliphatic heterocycles. The summed E-state index contributed by atoms with van der Waals surface area (Å²) in [6, 6.07) is 6.49. The molecule has 1 nitrogen and oxygen atoms in total. The first-order valence-corrected chi connectivity index (χ1v) is 8.96. The standard InChI is InChI=1S/C19H25F3N/c20-19(21,22)17-5-1-3-15(10-17)11-18-13-23(18)8-2-4-16(12-23)9-14-6-7-14/h1,3,5,10,14,16,18H,2,4,6-9,11-13H2/q+1. The predicted molar refractivity (Wildman–Crippen MR) is 83.9 cm³/mol. The van der Waals surface area contributed by atoms with E-state index in [1.807, 2.05) is 6.07 Å². The molecule has 2 saturated heterocycles. The summed E-state index contributed by atoms with van der Waals surface area (Å²) in [4.78, 5) is 0. The van der Waals surface area contributed by atoms with Gasteiger partial charge in [0.05, 0.1) is 18.7 Å². The van der Waals surface area contributed by atoms with E-state index in [-0.39, 0.29) is 0 Å². The van der Waals surface area contributed by atoms with Gasteiger partial charge in [0.25, 0.3) is 0 Å². The second-order valence-electron chi connectivity index (χ2n) is 8.05. The molecule has 1 aromatic carbocycles. The second-order valence-corrected chi connectivity index (χ2v) is 8.05. The normalized spacial score (nSPS) is 33.9. The summed E-state index contributed by atoms with van der Waals surface area (Å²) in [6.07, 6.45) is 3.49. The van der Waals surface area contributed by atoms with Gasteiger partial charge in [0.1, 0.15) is 12.6 Å². The fourth-order valence-corrected chi connectivity index (χ4v) is 4.68. The average molecular weight is 324 g/mol. The summed E-state index contributed by atoms with van der Waals surface area (Å²) >= 11 is 0. The first-order chi connectivity index (χ1) is 10.9. The van der Waals surface area contributed by atoms with Crippen LogP contribution >= 0.6 is 0 Å². The molecule has 4 heteroatoms. The Morgan fingerprint density at radius 1 is 1.04 bits per heavy atom. The molecule has 0 N–H and O–H groups in total. The molecule has 0 bridgehead atoms. The maximum atomic E-state index is 12.8. The lowest BCUT2D eigenvalue weighted by Crippen LogP contribution is -2.40. The van der Waals surface area contributed by atoms with Gasteiger partial charge in [0.2, 0.25) is 0 Å². The summed E-state index contributed by atoms with van der Waals surface area (Å²) in [5, 5.41) is 0. The summed E-state index contributed by atoms with van der Waals surface area (Å²) < 4.78 is 39.7. The molecule has 0 radical (unpaired) electrons. The van der Waals surface area contributed by atoms with Gasteiger partial charge in [-0.2, -0.15) is 13.2 Å². The van der Waals surface area contributed by atoms with Crippen LogP contribution in [0.3, 0.4) is 0 Å². The molecule has 2 heterocycles. The zero-order valence-corrected chi connectivity index (χ0v) is 13.5. The molecule has 3 atom stereocenters. The maximum absolute atomic E-state index is 12.8. The van der Waals surface area contributed by atoms with E-state index in [0.29, 0.717) is 6.04 Å². The van der Waals surface area contributed by atoms with Gasteiger partial charge in [0.15, 0.2) is 0 Å². The van der Waals surface area contributed by atoms with Gasteiger partial charge < -0.3 is 4.48 Å². The lowest BCUT2D eigenvalue weighted by atomic mass is 9.92. The van der Waals surface area contributed by atoms with E-state index in [0.717, 1.165) is 23.8 Å². The van der Waals surface area contributed by atoms with Crippen molar-refractivity contribution in [1.29, 1.82) is 0 Å². The highest BCUT2D eigenvalue weighted by Crippen LogP contribution is 2.44. The van der Waals surface area contributed by atoms with Crippen LogP contribution in [0.4, 0.5) is 13.2 Å². The third-order valence-corrected chi connectivity index (χ3v) is 6.14. The monoisotopic (exact) mass is 324 g/mol. The fraction of sp³-hybridized carbons (Fsp3) is 0.684. The minimum atomic E-state index is -4.23. The van der Waals surface area contributed by atoms with E-state index in [1.165, 1.54) is 68.4 Å². The molecule has 4 rings (SSSR count). The van der Waals surface area contributed by atoms with Crippen LogP contribution in [0.1, 0.15) is 43.2 Å². The largest absolute Gasteiger partial charge is 0.416 e. The third kappa shape index (κ3) is 3.42. The molecule has 1 spiro atoms. The maximum Gasteiger partial charge on any atom is 0.416 e. The number of piperidine rings is 1. The van der Waals surface area contributed by atoms with E-state index in [2.05, 4.69) is 0 Å². The third-order valence-electron chi connectivity index (χ3n) is 6.14. The molecule has 3 unspecified atom stereocenters. The zero-order chi connectivity index (χ0) is 16.1. The van der Waals surface area contributed by atoms with E-state index < -0.39 is 11.7 Å². The van der Waals surface area contributed by atoms with Gasteiger partial charge in [-0.15, -0.1) is 0 Å². The Labute approximate surface area is 136 Å². The van der Waals surface area contributed by atoms with Gasteiger partial charge in [-0.05, 0) is 36.8 Å². The van der Waals surface area contributed by atoms with Gasteiger partial charge in [-0.25, -0.2) is 0 Å². The highest BCUT2D eigenvalue weighted by atomic mass is 19.4. The molecular formula is C19H25F3N+. The molecule has 0 aromatic heterocycles. The predicted octanol–water partition coefficient (Wildman–Crippen LogP) is 4.66. The Bertz CT molecular complexity index is 578. The highest BCUT2D eigenvalue weighted by molar-refractivity contribution is 5.26. The average Bonchev–Trinajstić information content (AvgIpc) is 3.40. The number of nitrogens with zero attached hydrogens (tertiary/aromatic N) is 1. The van der Waals surface area contributed by atoms with Crippen LogP contribution in [-0.4, -0.2) is 30.2 Å². The van der Waals surface area contributed by atoms with Crippen molar-refractivity contribution in [1.82, 2.24) is 0 Å². The van der Waals surface area contributed by atoms with Crippen molar-refractivity contribution in [2.24, 2.45) is 11.8 Å². The van der Waals surface area contributed by atoms with E-state index in [4.69, 9.17) is 0 Å². The lowest BCUT2D eigenvalue weighted by Gasteiger charge is -2.31. The molecule has 1 aromatic rings. The van der Waals surface area contributed by atoms with Crippen LogP contribution in [0, 0.1) is 11.8 Å². The number of hydrogen-bond acceptors (Lipinski definition) is 0. The van der Waals surface area contributed by atoms with Crippen molar-refractivity contribution in [2.75, 3.05) is 19.6 Å². The van der Waals surface area contributed by atoms with Crippen LogP contribution in [0.2, 0.25) is 0 Å². The van der Waals surface area contributed by atoms with Crippen molar-refractivity contribution in [2.45, 2.75) is 50.7 Å². The molecule has 0 amide bonds. The number of quaternary nitrogens is 1. The van der Waals surface area contributed by atoms with Crippen molar-refractivity contribution in [3.05, 3.63) is 35.4 Å². The minimum absolute atomic E-state index is 0.507. The van der Waals surface area contributed by atoms with Crippen LogP contribution in [0.25, 0.3) is 0 Å². The smallest absolute Gasteiger partial charge is 0.311 e.